The molecule has 0 radical (unpaired) electrons. The molecule has 0 bridgehead atoms. The van der Waals surface area contributed by atoms with Crippen molar-refractivity contribution in [2.45, 2.75) is 53.6 Å². The minimum absolute atomic E-state index is 0.140. The molecule has 1 amide bonds. The topological polar surface area (TPSA) is 20.3 Å². The second kappa shape index (κ2) is 13.0. The maximum atomic E-state index is 13.9. The van der Waals surface area contributed by atoms with Gasteiger partial charge >= 0.3 is 0 Å². The van der Waals surface area contributed by atoms with Crippen LogP contribution >= 0.6 is 11.3 Å². The summed E-state index contributed by atoms with van der Waals surface area (Å²) in [5.74, 6) is 0.140. The lowest BCUT2D eigenvalue weighted by molar-refractivity contribution is -0.938. The molecule has 4 aromatic carbocycles. The minimum atomic E-state index is 0.140. The van der Waals surface area contributed by atoms with E-state index >= 15 is 0 Å². The van der Waals surface area contributed by atoms with Crippen molar-refractivity contribution in [2.75, 3.05) is 26.2 Å². The van der Waals surface area contributed by atoms with E-state index in [1.807, 2.05) is 12.1 Å². The van der Waals surface area contributed by atoms with Gasteiger partial charge in [0.05, 0.1) is 24.5 Å². The van der Waals surface area contributed by atoms with Crippen molar-refractivity contribution < 1.29 is 9.28 Å². The maximum Gasteiger partial charge on any atom is 0.264 e. The third kappa shape index (κ3) is 7.06. The second-order valence-corrected chi connectivity index (χ2v) is 12.7. The van der Waals surface area contributed by atoms with Crippen molar-refractivity contribution in [3.63, 3.8) is 0 Å². The predicted molar refractivity (Wildman–Crippen MR) is 176 cm³/mol. The molecule has 4 heteroatoms. The van der Waals surface area contributed by atoms with Crippen molar-refractivity contribution in [3.05, 3.63) is 118 Å². The van der Waals surface area contributed by atoms with E-state index in [1.165, 1.54) is 37.7 Å². The summed E-state index contributed by atoms with van der Waals surface area (Å²) >= 11 is 1.61. The zero-order valence-corrected chi connectivity index (χ0v) is 25.8. The molecule has 0 aliphatic heterocycles. The van der Waals surface area contributed by atoms with Crippen molar-refractivity contribution in [1.82, 2.24) is 4.90 Å². The van der Waals surface area contributed by atoms with E-state index in [0.717, 1.165) is 60.3 Å². The summed E-state index contributed by atoms with van der Waals surface area (Å²) < 4.78 is 2.25. The van der Waals surface area contributed by atoms with E-state index in [0.29, 0.717) is 6.54 Å². The summed E-state index contributed by atoms with van der Waals surface area (Å²) in [7, 11) is 0. The van der Waals surface area contributed by atoms with Gasteiger partial charge in [-0.3, -0.25) is 4.79 Å². The van der Waals surface area contributed by atoms with Crippen LogP contribution in [0.3, 0.4) is 0 Å². The Kier molecular flexibility index (Phi) is 9.22. The van der Waals surface area contributed by atoms with Crippen LogP contribution in [0.2, 0.25) is 0 Å². The first kappa shape index (κ1) is 29.0. The summed E-state index contributed by atoms with van der Waals surface area (Å²) in [4.78, 5) is 16.8. The van der Waals surface area contributed by atoms with Crippen molar-refractivity contribution >= 4 is 38.1 Å². The molecule has 5 rings (SSSR count). The summed E-state index contributed by atoms with van der Waals surface area (Å²) in [5.41, 5.74) is 5.30. The first-order chi connectivity index (χ1) is 19.9. The van der Waals surface area contributed by atoms with Crippen LogP contribution in [0.25, 0.3) is 20.9 Å². The number of fused-ring (bicyclic) bond motifs is 2. The molecule has 3 nitrogen and oxygen atoms in total. The molecule has 212 valence electrons. The monoisotopic (exact) mass is 563 g/mol. The highest BCUT2D eigenvalue weighted by molar-refractivity contribution is 7.20. The van der Waals surface area contributed by atoms with Crippen LogP contribution in [-0.4, -0.2) is 41.5 Å². The van der Waals surface area contributed by atoms with Crippen LogP contribution in [0, 0.1) is 13.8 Å². The number of carbonyl (C=O) groups is 1. The Bertz CT molecular complexity index is 1580. The average Bonchev–Trinajstić information content (AvgIpc) is 3.41. The van der Waals surface area contributed by atoms with Gasteiger partial charge in [0, 0.05) is 23.4 Å². The molecule has 0 unspecified atom stereocenters. The molecular formula is C37H43N2OS+. The Balaban J connectivity index is 1.31. The lowest BCUT2D eigenvalue weighted by Crippen LogP contribution is -2.47. The third-order valence-electron chi connectivity index (χ3n) is 8.56. The normalized spacial score (nSPS) is 11.8. The number of hydrogen-bond donors (Lipinski definition) is 0. The lowest BCUT2D eigenvalue weighted by atomic mass is 10.1. The first-order valence-corrected chi connectivity index (χ1v) is 15.9. The second-order valence-electron chi connectivity index (χ2n) is 11.6. The van der Waals surface area contributed by atoms with Gasteiger partial charge in [0.2, 0.25) is 0 Å². The quantitative estimate of drug-likeness (QED) is 0.109. The Morgan fingerprint density at radius 2 is 1.41 bits per heavy atom. The maximum absolute atomic E-state index is 13.9. The van der Waals surface area contributed by atoms with E-state index in [-0.39, 0.29) is 5.91 Å². The van der Waals surface area contributed by atoms with Gasteiger partial charge in [0.15, 0.2) is 0 Å². The molecular weight excluding hydrogens is 520 g/mol. The SMILES string of the molecule is CC[N+](CC)(CCCCN(Cc1ccc2ccccc2c1)C(=O)c1cc2ccccc2s1)Cc1cc(C)cc(C)c1. The molecule has 0 saturated heterocycles. The van der Waals surface area contributed by atoms with Crippen LogP contribution < -0.4 is 0 Å². The molecule has 5 aromatic rings. The standard InChI is InChI=1S/C37H43N2OS/c1-5-39(6-2,27-31-22-28(3)21-29(4)23-31)20-12-11-19-38(26-30-17-18-32-13-7-8-14-33(32)24-30)37(40)36-25-34-15-9-10-16-35(34)41-36/h7-10,13-18,21-25H,5-6,11-12,19-20,26-27H2,1-4H3/q+1. The number of rotatable bonds is 12. The number of nitrogens with zero attached hydrogens (tertiary/aromatic N) is 2. The van der Waals surface area contributed by atoms with Crippen molar-refractivity contribution in [2.24, 2.45) is 0 Å². The summed E-state index contributed by atoms with van der Waals surface area (Å²) in [6, 6.07) is 32.3. The van der Waals surface area contributed by atoms with E-state index < -0.39 is 0 Å². The van der Waals surface area contributed by atoms with Gasteiger partial charge in [-0.05, 0) is 80.5 Å². The predicted octanol–water partition coefficient (Wildman–Crippen LogP) is 9.15. The van der Waals surface area contributed by atoms with Crippen molar-refractivity contribution in [1.29, 1.82) is 0 Å². The van der Waals surface area contributed by atoms with Gasteiger partial charge in [0.25, 0.3) is 5.91 Å². The number of quaternary nitrogens is 1. The molecule has 1 heterocycles. The van der Waals surface area contributed by atoms with Crippen LogP contribution in [-0.2, 0) is 13.1 Å². The first-order valence-electron chi connectivity index (χ1n) is 15.1. The highest BCUT2D eigenvalue weighted by Gasteiger charge is 2.24. The highest BCUT2D eigenvalue weighted by Crippen LogP contribution is 2.27. The van der Waals surface area contributed by atoms with Gasteiger partial charge in [0.1, 0.15) is 6.54 Å². The smallest absolute Gasteiger partial charge is 0.264 e. The molecule has 0 spiro atoms. The Morgan fingerprint density at radius 3 is 2.12 bits per heavy atom. The Labute approximate surface area is 249 Å². The summed E-state index contributed by atoms with van der Waals surface area (Å²) in [6.45, 7) is 14.8. The number of amides is 1. The number of thiophene rings is 1. The molecule has 0 aliphatic rings. The summed E-state index contributed by atoms with van der Waals surface area (Å²) in [6.07, 6.45) is 2.09. The lowest BCUT2D eigenvalue weighted by Gasteiger charge is -2.37. The molecule has 0 saturated carbocycles. The van der Waals surface area contributed by atoms with Gasteiger partial charge in [-0.25, -0.2) is 0 Å². The average molecular weight is 564 g/mol. The van der Waals surface area contributed by atoms with Crippen LogP contribution in [0.1, 0.15) is 58.6 Å². The molecule has 0 atom stereocenters. The largest absolute Gasteiger partial charge is 0.334 e. The molecule has 41 heavy (non-hydrogen) atoms. The Morgan fingerprint density at radius 1 is 0.732 bits per heavy atom. The zero-order chi connectivity index (χ0) is 28.8. The summed E-state index contributed by atoms with van der Waals surface area (Å²) in [5, 5.41) is 3.60. The number of benzene rings is 4. The number of unbranched alkanes of at least 4 members (excludes halogenated alkanes) is 1. The van der Waals surface area contributed by atoms with Gasteiger partial charge < -0.3 is 9.38 Å². The van der Waals surface area contributed by atoms with Crippen LogP contribution in [0.5, 0.6) is 0 Å². The Hall–Kier alpha value is -3.47. The fraction of sp³-hybridized carbons (Fsp3) is 0.324. The van der Waals surface area contributed by atoms with Gasteiger partial charge in [-0.2, -0.15) is 0 Å². The number of carbonyl (C=O) groups excluding carboxylic acids is 1. The van der Waals surface area contributed by atoms with Gasteiger partial charge in [-0.1, -0.05) is 83.9 Å². The highest BCUT2D eigenvalue weighted by atomic mass is 32.1. The number of aryl methyl sites for hydroxylation is 2. The van der Waals surface area contributed by atoms with E-state index in [2.05, 4.69) is 111 Å². The third-order valence-corrected chi connectivity index (χ3v) is 9.67. The fourth-order valence-electron chi connectivity index (χ4n) is 6.19. The van der Waals surface area contributed by atoms with Crippen molar-refractivity contribution in [3.8, 4) is 0 Å². The van der Waals surface area contributed by atoms with Crippen LogP contribution in [0.15, 0.2) is 91.0 Å². The van der Waals surface area contributed by atoms with E-state index in [1.54, 1.807) is 11.3 Å². The molecule has 0 aliphatic carbocycles. The van der Waals surface area contributed by atoms with Gasteiger partial charge in [-0.15, -0.1) is 11.3 Å². The van der Waals surface area contributed by atoms with E-state index in [9.17, 15) is 4.79 Å². The molecule has 1 aromatic heterocycles. The fourth-order valence-corrected chi connectivity index (χ4v) is 7.22. The van der Waals surface area contributed by atoms with Crippen LogP contribution in [0.4, 0.5) is 0 Å². The number of hydrogen-bond acceptors (Lipinski definition) is 2. The van der Waals surface area contributed by atoms with E-state index in [4.69, 9.17) is 0 Å². The minimum Gasteiger partial charge on any atom is -0.334 e. The molecule has 0 fully saturated rings. The zero-order valence-electron chi connectivity index (χ0n) is 25.0. The molecule has 0 N–H and O–H groups in total.